The van der Waals surface area contributed by atoms with Gasteiger partial charge in [-0.25, -0.2) is 4.98 Å². The first-order valence-electron chi connectivity index (χ1n) is 7.30. The monoisotopic (exact) mass is 275 g/mol. The van der Waals surface area contributed by atoms with E-state index in [-0.39, 0.29) is 0 Å². The maximum Gasteiger partial charge on any atom is 0.139 e. The number of hydrogen-bond acceptors (Lipinski definition) is 3. The van der Waals surface area contributed by atoms with E-state index in [1.807, 2.05) is 0 Å². The fourth-order valence-corrected chi connectivity index (χ4v) is 3.55. The summed E-state index contributed by atoms with van der Waals surface area (Å²) in [5.41, 5.74) is 9.52. The first-order valence-corrected chi connectivity index (χ1v) is 7.70. The van der Waals surface area contributed by atoms with Gasteiger partial charge in [-0.1, -0.05) is 19.1 Å². The minimum absolute atomic E-state index is 0.485. The third-order valence-corrected chi connectivity index (χ3v) is 4.64. The predicted molar refractivity (Wildman–Crippen MR) is 82.8 cm³/mol. The minimum Gasteiger partial charge on any atom is -0.389 e. The number of aryl methyl sites for hydroxylation is 2. The second kappa shape index (κ2) is 5.08. The van der Waals surface area contributed by atoms with Gasteiger partial charge in [0.2, 0.25) is 0 Å². The molecule has 3 nitrogen and oxygen atoms in total. The Bertz CT molecular complexity index is 512. The topological polar surface area (TPSA) is 42.2 Å². The Balaban J connectivity index is 2.06. The molecule has 1 unspecified atom stereocenters. The van der Waals surface area contributed by atoms with Crippen molar-refractivity contribution in [2.45, 2.75) is 51.5 Å². The summed E-state index contributed by atoms with van der Waals surface area (Å²) >= 11 is 5.24. The largest absolute Gasteiger partial charge is 0.389 e. The number of nitrogens with zero attached hydrogens (tertiary/aromatic N) is 2. The molecule has 3 rings (SSSR count). The van der Waals surface area contributed by atoms with Crippen LogP contribution in [0.1, 0.15) is 49.4 Å². The number of fused-ring (bicyclic) bond motifs is 1. The van der Waals surface area contributed by atoms with E-state index in [1.165, 1.54) is 30.5 Å². The lowest BCUT2D eigenvalue weighted by atomic mass is 10.1. The third kappa shape index (κ3) is 2.22. The number of nitrogens with two attached hydrogens (primary N) is 1. The fourth-order valence-electron chi connectivity index (χ4n) is 3.40. The maximum absolute atomic E-state index is 5.93. The fraction of sp³-hybridized carbons (Fsp3) is 0.600. The van der Waals surface area contributed by atoms with E-state index >= 15 is 0 Å². The van der Waals surface area contributed by atoms with Crippen molar-refractivity contribution in [2.75, 3.05) is 11.4 Å². The van der Waals surface area contributed by atoms with Crippen molar-refractivity contribution < 1.29 is 0 Å². The molecule has 0 radical (unpaired) electrons. The molecule has 0 bridgehead atoms. The van der Waals surface area contributed by atoms with Gasteiger partial charge in [0.15, 0.2) is 0 Å². The van der Waals surface area contributed by atoms with Crippen molar-refractivity contribution in [3.63, 3.8) is 0 Å². The highest BCUT2D eigenvalue weighted by molar-refractivity contribution is 7.80. The van der Waals surface area contributed by atoms with Crippen molar-refractivity contribution in [1.29, 1.82) is 0 Å². The molecule has 2 N–H and O–H groups in total. The molecular weight excluding hydrogens is 254 g/mol. The van der Waals surface area contributed by atoms with Crippen molar-refractivity contribution in [3.8, 4) is 0 Å². The van der Waals surface area contributed by atoms with E-state index in [0.717, 1.165) is 37.2 Å². The van der Waals surface area contributed by atoms with Gasteiger partial charge in [0.05, 0.1) is 5.56 Å². The summed E-state index contributed by atoms with van der Waals surface area (Å²) in [7, 11) is 0. The Hall–Kier alpha value is -1.16. The van der Waals surface area contributed by atoms with Gasteiger partial charge in [-0.15, -0.1) is 0 Å². The van der Waals surface area contributed by atoms with Crippen LogP contribution in [0, 0.1) is 0 Å². The van der Waals surface area contributed by atoms with Gasteiger partial charge < -0.3 is 10.6 Å². The Labute approximate surface area is 120 Å². The Morgan fingerprint density at radius 3 is 3.05 bits per heavy atom. The number of hydrogen-bond donors (Lipinski definition) is 1. The summed E-state index contributed by atoms with van der Waals surface area (Å²) < 4.78 is 0. The van der Waals surface area contributed by atoms with E-state index < -0.39 is 0 Å². The quantitative estimate of drug-likeness (QED) is 0.861. The third-order valence-electron chi connectivity index (χ3n) is 4.42. The van der Waals surface area contributed by atoms with E-state index in [1.54, 1.807) is 0 Å². The lowest BCUT2D eigenvalue weighted by molar-refractivity contribution is 0.639. The van der Waals surface area contributed by atoms with Crippen LogP contribution >= 0.6 is 12.2 Å². The van der Waals surface area contributed by atoms with E-state index in [9.17, 15) is 0 Å². The molecule has 1 atom stereocenters. The van der Waals surface area contributed by atoms with Gasteiger partial charge >= 0.3 is 0 Å². The summed E-state index contributed by atoms with van der Waals surface area (Å²) in [6.07, 6.45) is 7.09. The number of aromatic nitrogens is 1. The first kappa shape index (κ1) is 12.9. The van der Waals surface area contributed by atoms with Crippen molar-refractivity contribution >= 4 is 23.0 Å². The molecule has 4 heteroatoms. The molecule has 0 spiro atoms. The summed E-state index contributed by atoms with van der Waals surface area (Å²) in [5.74, 6) is 1.04. The van der Waals surface area contributed by atoms with Crippen molar-refractivity contribution in [2.24, 2.45) is 5.73 Å². The van der Waals surface area contributed by atoms with Crippen LogP contribution in [0.15, 0.2) is 6.07 Å². The summed E-state index contributed by atoms with van der Waals surface area (Å²) in [4.78, 5) is 7.82. The smallest absolute Gasteiger partial charge is 0.139 e. The number of pyridine rings is 1. The molecule has 1 aromatic rings. The SMILES string of the molecule is CCC1CCCN1c1nc2c(cc1C(N)=S)CCC2. The number of anilines is 1. The molecule has 1 aromatic heterocycles. The standard InChI is InChI=1S/C15H21N3S/c1-2-11-6-4-8-18(11)15-12(14(16)19)9-10-5-3-7-13(10)17-15/h9,11H,2-8H2,1H3,(H2,16,19). The van der Waals surface area contributed by atoms with Gasteiger partial charge in [-0.05, 0) is 50.2 Å². The highest BCUT2D eigenvalue weighted by Gasteiger charge is 2.28. The second-order valence-electron chi connectivity index (χ2n) is 5.58. The van der Waals surface area contributed by atoms with Crippen molar-refractivity contribution in [3.05, 3.63) is 22.9 Å². The van der Waals surface area contributed by atoms with Crippen LogP contribution in [-0.2, 0) is 12.8 Å². The molecule has 1 fully saturated rings. The average Bonchev–Trinajstić information content (AvgIpc) is 3.04. The molecule has 1 aliphatic heterocycles. The zero-order chi connectivity index (χ0) is 13.4. The van der Waals surface area contributed by atoms with Gasteiger partial charge in [0, 0.05) is 18.3 Å². The van der Waals surface area contributed by atoms with Gasteiger partial charge in [0.25, 0.3) is 0 Å². The normalized spacial score (nSPS) is 21.7. The van der Waals surface area contributed by atoms with Crippen molar-refractivity contribution in [1.82, 2.24) is 4.98 Å². The summed E-state index contributed by atoms with van der Waals surface area (Å²) in [6, 6.07) is 2.79. The average molecular weight is 275 g/mol. The van der Waals surface area contributed by atoms with Gasteiger partial charge in [0.1, 0.15) is 10.8 Å². The summed E-state index contributed by atoms with van der Waals surface area (Å²) in [5, 5.41) is 0. The molecule has 2 heterocycles. The molecule has 2 aliphatic rings. The Morgan fingerprint density at radius 1 is 1.47 bits per heavy atom. The van der Waals surface area contributed by atoms with E-state index in [4.69, 9.17) is 22.9 Å². The van der Waals surface area contributed by atoms with Crippen LogP contribution < -0.4 is 10.6 Å². The Kier molecular flexibility index (Phi) is 3.44. The number of thiocarbonyl (C=S) groups is 1. The van der Waals surface area contributed by atoms with Crippen LogP contribution in [0.3, 0.4) is 0 Å². The van der Waals surface area contributed by atoms with Crippen LogP contribution in [0.4, 0.5) is 5.82 Å². The van der Waals surface area contributed by atoms with E-state index in [2.05, 4.69) is 17.9 Å². The van der Waals surface area contributed by atoms with Crippen LogP contribution in [-0.4, -0.2) is 22.6 Å². The lowest BCUT2D eigenvalue weighted by Crippen LogP contribution is -2.32. The molecule has 0 amide bonds. The van der Waals surface area contributed by atoms with E-state index in [0.29, 0.717) is 11.0 Å². The zero-order valence-electron chi connectivity index (χ0n) is 11.5. The molecule has 102 valence electrons. The summed E-state index contributed by atoms with van der Waals surface area (Å²) in [6.45, 7) is 3.33. The molecular formula is C15H21N3S. The van der Waals surface area contributed by atoms with Gasteiger partial charge in [-0.2, -0.15) is 0 Å². The van der Waals surface area contributed by atoms with Gasteiger partial charge in [-0.3, -0.25) is 0 Å². The first-order chi connectivity index (χ1) is 9.20. The molecule has 0 aromatic carbocycles. The number of rotatable bonds is 3. The molecule has 0 saturated carbocycles. The van der Waals surface area contributed by atoms with Crippen LogP contribution in [0.5, 0.6) is 0 Å². The predicted octanol–water partition coefficient (Wildman–Crippen LogP) is 2.58. The highest BCUT2D eigenvalue weighted by atomic mass is 32.1. The molecule has 1 saturated heterocycles. The highest BCUT2D eigenvalue weighted by Crippen LogP contribution is 2.32. The molecule has 19 heavy (non-hydrogen) atoms. The lowest BCUT2D eigenvalue weighted by Gasteiger charge is -2.27. The maximum atomic E-state index is 5.93. The second-order valence-corrected chi connectivity index (χ2v) is 6.02. The van der Waals surface area contributed by atoms with Crippen LogP contribution in [0.2, 0.25) is 0 Å². The minimum atomic E-state index is 0.485. The Morgan fingerprint density at radius 2 is 2.32 bits per heavy atom. The van der Waals surface area contributed by atoms with Crippen LogP contribution in [0.25, 0.3) is 0 Å². The molecule has 1 aliphatic carbocycles. The zero-order valence-corrected chi connectivity index (χ0v) is 12.3.